The van der Waals surface area contributed by atoms with Crippen molar-refractivity contribution in [3.8, 4) is 17.8 Å². The summed E-state index contributed by atoms with van der Waals surface area (Å²) in [6, 6.07) is 9.95. The van der Waals surface area contributed by atoms with E-state index in [4.69, 9.17) is 4.74 Å². The molecule has 4 heterocycles. The highest BCUT2D eigenvalue weighted by Crippen LogP contribution is 2.37. The highest BCUT2D eigenvalue weighted by molar-refractivity contribution is 5.78. The highest BCUT2D eigenvalue weighted by atomic mass is 19.1. The van der Waals surface area contributed by atoms with Crippen LogP contribution in [-0.4, -0.2) is 35.3 Å². The van der Waals surface area contributed by atoms with Gasteiger partial charge in [0.1, 0.15) is 35.8 Å². The molecule has 0 aliphatic carbocycles. The Morgan fingerprint density at radius 1 is 1.18 bits per heavy atom. The van der Waals surface area contributed by atoms with Crippen molar-refractivity contribution in [3.05, 3.63) is 76.6 Å². The van der Waals surface area contributed by atoms with E-state index in [1.807, 2.05) is 6.07 Å². The molecule has 3 aromatic heterocycles. The van der Waals surface area contributed by atoms with Crippen LogP contribution in [0.2, 0.25) is 0 Å². The van der Waals surface area contributed by atoms with Crippen molar-refractivity contribution in [2.24, 2.45) is 0 Å². The van der Waals surface area contributed by atoms with Crippen LogP contribution < -0.4 is 10.4 Å². The number of rotatable bonds is 3. The van der Waals surface area contributed by atoms with E-state index in [1.54, 1.807) is 18.2 Å². The van der Waals surface area contributed by atoms with Gasteiger partial charge in [-0.15, -0.1) is 0 Å². The molecule has 0 saturated heterocycles. The Kier molecular flexibility index (Phi) is 4.41. The summed E-state index contributed by atoms with van der Waals surface area (Å²) in [5.41, 5.74) is 1.30. The maximum Gasteiger partial charge on any atom is 0.331 e. The Balaban J connectivity index is 1.63. The molecular formula is C23H15F2N7O2. The molecule has 1 aliphatic rings. The van der Waals surface area contributed by atoms with Crippen molar-refractivity contribution in [1.82, 2.24) is 28.7 Å². The molecule has 11 heteroatoms. The van der Waals surface area contributed by atoms with Crippen LogP contribution in [0.1, 0.15) is 18.0 Å². The molecule has 9 nitrogen and oxygen atoms in total. The second kappa shape index (κ2) is 7.48. The zero-order valence-electron chi connectivity index (χ0n) is 17.5. The van der Waals surface area contributed by atoms with Gasteiger partial charge in [-0.1, -0.05) is 6.07 Å². The van der Waals surface area contributed by atoms with E-state index >= 15 is 0 Å². The first-order valence-electron chi connectivity index (χ1n) is 10.5. The lowest BCUT2D eigenvalue weighted by Crippen LogP contribution is -2.31. The molecule has 0 spiro atoms. The first-order valence-corrected chi connectivity index (χ1v) is 10.5. The van der Waals surface area contributed by atoms with Gasteiger partial charge in [-0.2, -0.15) is 10.2 Å². The van der Waals surface area contributed by atoms with Gasteiger partial charge in [-0.25, -0.2) is 23.5 Å². The zero-order chi connectivity index (χ0) is 23.4. The van der Waals surface area contributed by atoms with Gasteiger partial charge in [0.25, 0.3) is 0 Å². The average molecular weight is 459 g/mol. The Bertz CT molecular complexity index is 1700. The Labute approximate surface area is 190 Å². The highest BCUT2D eigenvalue weighted by Gasteiger charge is 2.31. The van der Waals surface area contributed by atoms with E-state index in [0.717, 1.165) is 0 Å². The van der Waals surface area contributed by atoms with Crippen molar-refractivity contribution < 1.29 is 13.5 Å². The Morgan fingerprint density at radius 3 is 2.91 bits per heavy atom. The number of ether oxygens (including phenoxy) is 1. The molecule has 168 valence electrons. The first kappa shape index (κ1) is 20.0. The second-order valence-corrected chi connectivity index (χ2v) is 7.83. The molecule has 0 bridgehead atoms. The van der Waals surface area contributed by atoms with E-state index in [2.05, 4.69) is 15.0 Å². The molecule has 0 N–H and O–H groups in total. The Morgan fingerprint density at radius 2 is 2.06 bits per heavy atom. The lowest BCUT2D eigenvalue weighted by atomic mass is 9.99. The normalized spacial score (nSPS) is 15.3. The molecule has 0 amide bonds. The fraction of sp³-hybridized carbons (Fsp3) is 0.174. The summed E-state index contributed by atoms with van der Waals surface area (Å²) in [5.74, 6) is -0.429. The number of hydrogen-bond acceptors (Lipinski definition) is 6. The van der Waals surface area contributed by atoms with Crippen LogP contribution in [0.3, 0.4) is 0 Å². The predicted molar refractivity (Wildman–Crippen MR) is 117 cm³/mol. The molecule has 6 rings (SSSR count). The van der Waals surface area contributed by atoms with Crippen molar-refractivity contribution >= 4 is 22.2 Å². The van der Waals surface area contributed by atoms with Gasteiger partial charge in [0.2, 0.25) is 5.95 Å². The summed E-state index contributed by atoms with van der Waals surface area (Å²) in [6.45, 7) is 0.0550. The minimum atomic E-state index is -0.695. The lowest BCUT2D eigenvalue weighted by molar-refractivity contribution is 0.250. The van der Waals surface area contributed by atoms with Gasteiger partial charge in [-0.05, 0) is 24.3 Å². The number of benzene rings is 2. The maximum absolute atomic E-state index is 14.9. The largest absolute Gasteiger partial charge is 0.493 e. The van der Waals surface area contributed by atoms with E-state index in [1.165, 1.54) is 44.4 Å². The van der Waals surface area contributed by atoms with Crippen LogP contribution in [0.15, 0.2) is 53.7 Å². The molecule has 34 heavy (non-hydrogen) atoms. The summed E-state index contributed by atoms with van der Waals surface area (Å²) in [6.07, 6.45) is 3.22. The number of hydrogen-bond donors (Lipinski definition) is 0. The lowest BCUT2D eigenvalue weighted by Gasteiger charge is -2.27. The third kappa shape index (κ3) is 2.88. The Hall–Kier alpha value is -4.59. The number of halogens is 2. The van der Waals surface area contributed by atoms with Gasteiger partial charge in [0.05, 0.1) is 41.5 Å². The summed E-state index contributed by atoms with van der Waals surface area (Å²) < 4.78 is 38.5. The van der Waals surface area contributed by atoms with Crippen LogP contribution in [0.4, 0.5) is 8.78 Å². The van der Waals surface area contributed by atoms with Crippen molar-refractivity contribution in [3.63, 3.8) is 0 Å². The van der Waals surface area contributed by atoms with Crippen molar-refractivity contribution in [2.75, 3.05) is 6.61 Å². The molecule has 2 aromatic carbocycles. The number of aromatic nitrogens is 6. The summed E-state index contributed by atoms with van der Waals surface area (Å²) in [5, 5.41) is 9.29. The van der Waals surface area contributed by atoms with Crippen LogP contribution in [0.25, 0.3) is 28.1 Å². The molecule has 0 radical (unpaired) electrons. The molecule has 1 atom stereocenters. The van der Waals surface area contributed by atoms with Crippen LogP contribution in [0.5, 0.6) is 5.75 Å². The number of nitrogens with zero attached hydrogens (tertiary/aromatic N) is 7. The van der Waals surface area contributed by atoms with E-state index in [0.29, 0.717) is 28.7 Å². The third-order valence-electron chi connectivity index (χ3n) is 5.95. The maximum atomic E-state index is 14.9. The fourth-order valence-electron chi connectivity index (χ4n) is 4.46. The molecular weight excluding hydrogens is 444 g/mol. The van der Waals surface area contributed by atoms with Gasteiger partial charge in [0, 0.05) is 12.5 Å². The third-order valence-corrected chi connectivity index (χ3v) is 5.95. The predicted octanol–water partition coefficient (Wildman–Crippen LogP) is 3.11. The number of fused-ring (bicyclic) bond motifs is 3. The van der Waals surface area contributed by atoms with Crippen molar-refractivity contribution in [2.45, 2.75) is 19.0 Å². The smallest absolute Gasteiger partial charge is 0.331 e. The van der Waals surface area contributed by atoms with Gasteiger partial charge in [0.15, 0.2) is 5.65 Å². The van der Waals surface area contributed by atoms with Crippen LogP contribution >= 0.6 is 0 Å². The summed E-state index contributed by atoms with van der Waals surface area (Å²) >= 11 is 0. The fourth-order valence-corrected chi connectivity index (χ4v) is 4.46. The average Bonchev–Trinajstić information content (AvgIpc) is 3.37. The van der Waals surface area contributed by atoms with Gasteiger partial charge < -0.3 is 4.74 Å². The van der Waals surface area contributed by atoms with Crippen LogP contribution in [-0.2, 0) is 6.54 Å². The standard InChI is InChI=1S/C23H15F2N7O2/c24-13-4-5-15-17(10-13)31(12-28-15)22-27-11-18-21(29-22)32(23(33)30(18)8-7-26)16-6-9-34-19-3-1-2-14(25)20(16)19/h1-5,10-12,16H,6,8-9H2. The molecule has 0 fully saturated rings. The molecule has 1 aliphatic heterocycles. The minimum absolute atomic E-state index is 0.157. The molecule has 0 saturated carbocycles. The zero-order valence-corrected chi connectivity index (χ0v) is 17.5. The van der Waals surface area contributed by atoms with Gasteiger partial charge in [-0.3, -0.25) is 13.7 Å². The molecule has 5 aromatic rings. The number of nitriles is 1. The quantitative estimate of drug-likeness (QED) is 0.411. The number of imidazole rings is 2. The van der Waals surface area contributed by atoms with E-state index < -0.39 is 23.4 Å². The summed E-state index contributed by atoms with van der Waals surface area (Å²) in [7, 11) is 0. The minimum Gasteiger partial charge on any atom is -0.493 e. The molecule has 1 unspecified atom stereocenters. The van der Waals surface area contributed by atoms with E-state index in [9.17, 15) is 18.8 Å². The van der Waals surface area contributed by atoms with Crippen LogP contribution in [0, 0.1) is 23.0 Å². The van der Waals surface area contributed by atoms with Crippen molar-refractivity contribution in [1.29, 1.82) is 5.26 Å². The summed E-state index contributed by atoms with van der Waals surface area (Å²) in [4.78, 5) is 26.6. The topological polar surface area (TPSA) is 104 Å². The monoisotopic (exact) mass is 459 g/mol. The second-order valence-electron chi connectivity index (χ2n) is 7.83. The SMILES string of the molecule is N#CCn1c(=O)n(C2CCOc3cccc(F)c32)c2nc(-n3cnc4ccc(F)cc43)ncc21. The van der Waals surface area contributed by atoms with Gasteiger partial charge >= 0.3 is 5.69 Å². The van der Waals surface area contributed by atoms with E-state index in [-0.39, 0.29) is 30.3 Å². The first-order chi connectivity index (χ1) is 16.6.